The molecule has 4 heterocycles. The lowest BCUT2D eigenvalue weighted by Crippen LogP contribution is -2.44. The fourth-order valence-electron chi connectivity index (χ4n) is 3.64. The number of nitrogens with zero attached hydrogens (tertiary/aromatic N) is 6. The number of rotatable bonds is 3. The van der Waals surface area contributed by atoms with Crippen molar-refractivity contribution < 1.29 is 4.74 Å². The van der Waals surface area contributed by atoms with Crippen molar-refractivity contribution in [3.63, 3.8) is 0 Å². The molecular formula is C19H23N7O. The van der Waals surface area contributed by atoms with E-state index in [0.717, 1.165) is 67.9 Å². The Bertz CT molecular complexity index is 892. The summed E-state index contributed by atoms with van der Waals surface area (Å²) in [6.07, 6.45) is 1.84. The minimum atomic E-state index is 0.713. The van der Waals surface area contributed by atoms with Crippen LogP contribution in [0.15, 0.2) is 36.7 Å². The first-order chi connectivity index (χ1) is 13.4. The molecule has 140 valence electrons. The van der Waals surface area contributed by atoms with Crippen LogP contribution in [0.2, 0.25) is 0 Å². The van der Waals surface area contributed by atoms with Gasteiger partial charge in [-0.25, -0.2) is 4.98 Å². The number of piperazine rings is 1. The van der Waals surface area contributed by atoms with Gasteiger partial charge in [0.05, 0.1) is 24.2 Å². The van der Waals surface area contributed by atoms with Gasteiger partial charge in [0.2, 0.25) is 5.95 Å². The molecule has 2 aliphatic rings. The Kier molecular flexibility index (Phi) is 4.35. The zero-order valence-corrected chi connectivity index (χ0v) is 15.2. The van der Waals surface area contributed by atoms with Gasteiger partial charge >= 0.3 is 0 Å². The third-order valence-corrected chi connectivity index (χ3v) is 5.12. The van der Waals surface area contributed by atoms with E-state index in [2.05, 4.69) is 32.2 Å². The summed E-state index contributed by atoms with van der Waals surface area (Å²) in [5, 5.41) is 3.40. The summed E-state index contributed by atoms with van der Waals surface area (Å²) in [4.78, 5) is 18.8. The highest BCUT2D eigenvalue weighted by molar-refractivity contribution is 5.77. The van der Waals surface area contributed by atoms with Crippen LogP contribution in [0.5, 0.6) is 0 Å². The normalized spacial score (nSPS) is 18.2. The molecule has 2 aromatic heterocycles. The first-order valence-corrected chi connectivity index (χ1v) is 9.48. The molecule has 0 bridgehead atoms. The predicted octanol–water partition coefficient (Wildman–Crippen LogP) is 1.06. The van der Waals surface area contributed by atoms with Crippen molar-refractivity contribution in [3.05, 3.63) is 36.7 Å². The van der Waals surface area contributed by atoms with Crippen LogP contribution >= 0.6 is 0 Å². The summed E-state index contributed by atoms with van der Waals surface area (Å²) in [6, 6.07) is 10.2. The van der Waals surface area contributed by atoms with Crippen molar-refractivity contribution >= 4 is 22.8 Å². The standard InChI is InChI=1S/C19H23N7O/c1-2-4-16-15(3-1)21-14-26(16)18-13-17(24-7-5-20-6-8-24)22-19(23-18)25-9-11-27-12-10-25/h1-4,13-14,20H,5-12H2. The van der Waals surface area contributed by atoms with E-state index >= 15 is 0 Å². The molecule has 0 unspecified atom stereocenters. The Hall–Kier alpha value is -2.71. The molecule has 2 saturated heterocycles. The number of morpholine rings is 1. The molecule has 3 aromatic rings. The number of benzene rings is 1. The van der Waals surface area contributed by atoms with Crippen LogP contribution in [0.3, 0.4) is 0 Å². The number of anilines is 2. The van der Waals surface area contributed by atoms with Crippen LogP contribution in [0, 0.1) is 0 Å². The summed E-state index contributed by atoms with van der Waals surface area (Å²) >= 11 is 0. The minimum Gasteiger partial charge on any atom is -0.378 e. The number of aromatic nitrogens is 4. The summed E-state index contributed by atoms with van der Waals surface area (Å²) in [5.41, 5.74) is 2.02. The SMILES string of the molecule is c1ccc2c(c1)ncn2-c1cc(N2CCNCC2)nc(N2CCOCC2)n1. The second kappa shape index (κ2) is 7.13. The molecule has 0 spiro atoms. The van der Waals surface area contributed by atoms with Gasteiger partial charge in [-0.05, 0) is 12.1 Å². The molecule has 5 rings (SSSR count). The van der Waals surface area contributed by atoms with Crippen LogP contribution < -0.4 is 15.1 Å². The quantitative estimate of drug-likeness (QED) is 0.744. The van der Waals surface area contributed by atoms with Crippen LogP contribution in [-0.2, 0) is 4.74 Å². The lowest BCUT2D eigenvalue weighted by atomic mass is 10.3. The number of hydrogen-bond donors (Lipinski definition) is 1. The smallest absolute Gasteiger partial charge is 0.229 e. The molecule has 0 aliphatic carbocycles. The van der Waals surface area contributed by atoms with E-state index in [1.807, 2.05) is 29.1 Å². The summed E-state index contributed by atoms with van der Waals surface area (Å²) < 4.78 is 7.55. The average molecular weight is 365 g/mol. The van der Waals surface area contributed by atoms with Crippen molar-refractivity contribution in [1.29, 1.82) is 0 Å². The highest BCUT2D eigenvalue weighted by Gasteiger charge is 2.20. The number of fused-ring (bicyclic) bond motifs is 1. The topological polar surface area (TPSA) is 71.3 Å². The van der Waals surface area contributed by atoms with E-state index in [-0.39, 0.29) is 0 Å². The molecule has 0 radical (unpaired) electrons. The van der Waals surface area contributed by atoms with Gasteiger partial charge in [-0.15, -0.1) is 0 Å². The molecule has 2 aliphatic heterocycles. The molecule has 0 saturated carbocycles. The van der Waals surface area contributed by atoms with Crippen LogP contribution in [0.25, 0.3) is 16.9 Å². The second-order valence-corrected chi connectivity index (χ2v) is 6.82. The second-order valence-electron chi connectivity index (χ2n) is 6.82. The van der Waals surface area contributed by atoms with Crippen molar-refractivity contribution in [3.8, 4) is 5.82 Å². The third-order valence-electron chi connectivity index (χ3n) is 5.12. The van der Waals surface area contributed by atoms with E-state index in [1.54, 1.807) is 0 Å². The van der Waals surface area contributed by atoms with E-state index < -0.39 is 0 Å². The van der Waals surface area contributed by atoms with E-state index in [9.17, 15) is 0 Å². The zero-order chi connectivity index (χ0) is 18.1. The van der Waals surface area contributed by atoms with Gasteiger partial charge in [-0.2, -0.15) is 9.97 Å². The molecule has 8 nitrogen and oxygen atoms in total. The Morgan fingerprint density at radius 2 is 1.67 bits per heavy atom. The van der Waals surface area contributed by atoms with Gasteiger partial charge in [0.1, 0.15) is 18.0 Å². The van der Waals surface area contributed by atoms with Crippen LogP contribution in [-0.4, -0.2) is 72.0 Å². The highest BCUT2D eigenvalue weighted by atomic mass is 16.5. The summed E-state index contributed by atoms with van der Waals surface area (Å²) in [5.74, 6) is 2.59. The Labute approximate surface area is 157 Å². The maximum Gasteiger partial charge on any atom is 0.229 e. The monoisotopic (exact) mass is 365 g/mol. The summed E-state index contributed by atoms with van der Waals surface area (Å²) in [7, 11) is 0. The number of nitrogens with one attached hydrogen (secondary N) is 1. The number of hydrogen-bond acceptors (Lipinski definition) is 7. The van der Waals surface area contributed by atoms with Crippen molar-refractivity contribution in [2.24, 2.45) is 0 Å². The molecular weight excluding hydrogens is 342 g/mol. The van der Waals surface area contributed by atoms with Crippen molar-refractivity contribution in [2.75, 3.05) is 62.3 Å². The number of ether oxygens (including phenoxy) is 1. The third kappa shape index (κ3) is 3.22. The predicted molar refractivity (Wildman–Crippen MR) is 105 cm³/mol. The highest BCUT2D eigenvalue weighted by Crippen LogP contribution is 2.24. The maximum atomic E-state index is 5.50. The van der Waals surface area contributed by atoms with Gasteiger partial charge in [0, 0.05) is 45.3 Å². The Morgan fingerprint density at radius 1 is 0.889 bits per heavy atom. The van der Waals surface area contributed by atoms with Gasteiger partial charge in [-0.1, -0.05) is 12.1 Å². The van der Waals surface area contributed by atoms with Gasteiger partial charge in [0.15, 0.2) is 0 Å². The first kappa shape index (κ1) is 16.5. The Balaban J connectivity index is 1.60. The number of imidazole rings is 1. The van der Waals surface area contributed by atoms with Crippen LogP contribution in [0.4, 0.5) is 11.8 Å². The molecule has 27 heavy (non-hydrogen) atoms. The van der Waals surface area contributed by atoms with E-state index in [4.69, 9.17) is 14.7 Å². The first-order valence-electron chi connectivity index (χ1n) is 9.48. The van der Waals surface area contributed by atoms with E-state index in [1.165, 1.54) is 0 Å². The molecule has 8 heteroatoms. The fraction of sp³-hybridized carbons (Fsp3) is 0.421. The van der Waals surface area contributed by atoms with Gasteiger partial charge in [-0.3, -0.25) is 4.57 Å². The lowest BCUT2D eigenvalue weighted by molar-refractivity contribution is 0.122. The molecule has 1 N–H and O–H groups in total. The van der Waals surface area contributed by atoms with Gasteiger partial charge < -0.3 is 19.9 Å². The lowest BCUT2D eigenvalue weighted by Gasteiger charge is -2.31. The maximum absolute atomic E-state index is 5.50. The minimum absolute atomic E-state index is 0.713. The zero-order valence-electron chi connectivity index (χ0n) is 15.2. The molecule has 2 fully saturated rings. The van der Waals surface area contributed by atoms with Crippen molar-refractivity contribution in [1.82, 2.24) is 24.8 Å². The van der Waals surface area contributed by atoms with Gasteiger partial charge in [0.25, 0.3) is 0 Å². The van der Waals surface area contributed by atoms with E-state index in [0.29, 0.717) is 13.2 Å². The van der Waals surface area contributed by atoms with Crippen LogP contribution in [0.1, 0.15) is 0 Å². The fourth-order valence-corrected chi connectivity index (χ4v) is 3.64. The largest absolute Gasteiger partial charge is 0.378 e. The molecule has 1 aromatic carbocycles. The van der Waals surface area contributed by atoms with Crippen molar-refractivity contribution in [2.45, 2.75) is 0 Å². The summed E-state index contributed by atoms with van der Waals surface area (Å²) in [6.45, 7) is 6.90. The average Bonchev–Trinajstić information content (AvgIpc) is 3.19. The Morgan fingerprint density at radius 3 is 2.52 bits per heavy atom. The molecule has 0 amide bonds. The molecule has 0 atom stereocenters. The number of para-hydroxylation sites is 2.